The number of para-hydroxylation sites is 1. The molecule has 7 unspecified atom stereocenters. The second kappa shape index (κ2) is 17.1. The van der Waals surface area contributed by atoms with E-state index in [1.54, 1.807) is 0 Å². The van der Waals surface area contributed by atoms with Gasteiger partial charge in [0.1, 0.15) is 0 Å². The lowest BCUT2D eigenvalue weighted by Crippen LogP contribution is -2.56. The molecule has 4 N–H and O–H groups in total. The van der Waals surface area contributed by atoms with Crippen molar-refractivity contribution in [3.63, 3.8) is 0 Å². The van der Waals surface area contributed by atoms with Gasteiger partial charge in [-0.15, -0.1) is 0 Å². The fourth-order valence-electron chi connectivity index (χ4n) is 10.8. The minimum Gasteiger partial charge on any atom is -0.481 e. The summed E-state index contributed by atoms with van der Waals surface area (Å²) in [6.45, 7) is 6.64. The zero-order valence-electron chi connectivity index (χ0n) is 31.4. The Balaban J connectivity index is 0.00000228. The standard InChI is InChI=1S/C42H55N3O5.CH4O/c1-28-38(39(33-12-6-7-14-36(33)45-28)44-27-29-10-4-3-5-11-29)40(48)43-23-25-49-31-18-21-41(2)30(26-31)16-17-32-34(41)19-22-42(20-8-13-35(32)42)50-24-9-15-37(46)47;1-2/h3-7,10-12,14,30-32,34-35H,8-9,13,15-27H2,1-2H3,(H,43,48)(H,44,45)(H,46,47);2H,1H3. The largest absolute Gasteiger partial charge is 0.481 e. The van der Waals surface area contributed by atoms with Gasteiger partial charge in [0.05, 0.1) is 40.8 Å². The molecule has 4 fully saturated rings. The fraction of sp³-hybridized carbons (Fsp3) is 0.605. The maximum absolute atomic E-state index is 13.7. The van der Waals surface area contributed by atoms with E-state index in [1.807, 2.05) is 49.4 Å². The molecule has 0 saturated heterocycles. The number of aliphatic hydroxyl groups excluding tert-OH is 1. The molecule has 1 heterocycles. The molecule has 1 aromatic heterocycles. The van der Waals surface area contributed by atoms with Gasteiger partial charge < -0.3 is 30.3 Å². The molecule has 0 bridgehead atoms. The number of ether oxygens (including phenoxy) is 2. The van der Waals surface area contributed by atoms with E-state index in [1.165, 1.54) is 38.5 Å². The number of hydrogen-bond donors (Lipinski definition) is 4. The van der Waals surface area contributed by atoms with Gasteiger partial charge in [0.25, 0.3) is 5.91 Å². The van der Waals surface area contributed by atoms with Crippen molar-refractivity contribution in [2.75, 3.05) is 32.2 Å². The predicted octanol–water partition coefficient (Wildman–Crippen LogP) is 7.93. The summed E-state index contributed by atoms with van der Waals surface area (Å²) >= 11 is 0. The molecule has 9 nitrogen and oxygen atoms in total. The Morgan fingerprint density at radius 1 is 0.923 bits per heavy atom. The molecule has 0 radical (unpaired) electrons. The van der Waals surface area contributed by atoms with Gasteiger partial charge in [-0.25, -0.2) is 0 Å². The summed E-state index contributed by atoms with van der Waals surface area (Å²) in [7, 11) is 1.00. The summed E-state index contributed by atoms with van der Waals surface area (Å²) < 4.78 is 13.1. The third kappa shape index (κ3) is 8.02. The van der Waals surface area contributed by atoms with Crippen molar-refractivity contribution in [3.8, 4) is 0 Å². The molecule has 2 aromatic carbocycles. The van der Waals surface area contributed by atoms with Gasteiger partial charge in [-0.2, -0.15) is 0 Å². The summed E-state index contributed by atoms with van der Waals surface area (Å²) in [6.07, 6.45) is 13.0. The molecule has 4 saturated carbocycles. The quantitative estimate of drug-likeness (QED) is 0.132. The SMILES string of the molecule is CO.Cc1nc2ccccc2c(NCc2ccccc2)c1C(=O)NCCOC1CCC2(C)C(CCC3C4CCCC4(OCCCC(=O)O)CCC32)C1. The van der Waals surface area contributed by atoms with E-state index in [0.29, 0.717) is 61.2 Å². The van der Waals surface area contributed by atoms with Crippen molar-refractivity contribution in [3.05, 3.63) is 71.4 Å². The number of aromatic nitrogens is 1. The minimum atomic E-state index is -0.733. The molecule has 1 amide bonds. The van der Waals surface area contributed by atoms with Gasteiger partial charge in [-0.1, -0.05) is 61.9 Å². The Kier molecular flexibility index (Phi) is 12.5. The number of rotatable bonds is 13. The molecule has 9 heteroatoms. The summed E-state index contributed by atoms with van der Waals surface area (Å²) in [5.74, 6) is 1.90. The van der Waals surface area contributed by atoms with E-state index in [2.05, 4.69) is 29.7 Å². The van der Waals surface area contributed by atoms with E-state index < -0.39 is 5.97 Å². The minimum absolute atomic E-state index is 0.0201. The number of nitrogens with one attached hydrogen (secondary N) is 2. The van der Waals surface area contributed by atoms with Crippen LogP contribution in [-0.2, 0) is 20.8 Å². The molecule has 7 atom stereocenters. The molecule has 3 aromatic rings. The number of amides is 1. The number of aliphatic hydroxyl groups is 1. The first-order valence-corrected chi connectivity index (χ1v) is 19.6. The molecule has 52 heavy (non-hydrogen) atoms. The third-order valence-corrected chi connectivity index (χ3v) is 13.2. The number of nitrogens with zero attached hydrogens (tertiary/aromatic N) is 1. The summed E-state index contributed by atoms with van der Waals surface area (Å²) in [6, 6.07) is 18.2. The van der Waals surface area contributed by atoms with Crippen LogP contribution in [0.4, 0.5) is 5.69 Å². The van der Waals surface area contributed by atoms with Crippen LogP contribution in [0.1, 0.15) is 106 Å². The van der Waals surface area contributed by atoms with E-state index in [4.69, 9.17) is 24.7 Å². The van der Waals surface area contributed by atoms with Gasteiger partial charge in [0, 0.05) is 38.6 Å². The molecule has 282 valence electrons. The number of carboxylic acid groups (broad SMARTS) is 1. The van der Waals surface area contributed by atoms with Crippen LogP contribution in [0.15, 0.2) is 54.6 Å². The monoisotopic (exact) mass is 713 g/mol. The first-order chi connectivity index (χ1) is 25.3. The van der Waals surface area contributed by atoms with Crippen LogP contribution in [0.5, 0.6) is 0 Å². The van der Waals surface area contributed by atoms with Gasteiger partial charge in [-0.3, -0.25) is 14.6 Å². The summed E-state index contributed by atoms with van der Waals surface area (Å²) in [5, 5.41) is 23.7. The highest BCUT2D eigenvalue weighted by Gasteiger charge is 2.59. The molecule has 4 aliphatic carbocycles. The van der Waals surface area contributed by atoms with Crippen molar-refractivity contribution >= 4 is 28.5 Å². The number of aryl methyl sites for hydroxylation is 1. The number of carbonyl (C=O) groups is 2. The zero-order chi connectivity index (χ0) is 36.7. The second-order valence-electron chi connectivity index (χ2n) is 15.8. The topological polar surface area (TPSA) is 130 Å². The Labute approximate surface area is 309 Å². The van der Waals surface area contributed by atoms with Crippen LogP contribution in [0, 0.1) is 36.0 Å². The average molecular weight is 714 g/mol. The maximum Gasteiger partial charge on any atom is 0.303 e. The number of hydrogen-bond acceptors (Lipinski definition) is 7. The average Bonchev–Trinajstić information content (AvgIpc) is 3.60. The van der Waals surface area contributed by atoms with Crippen molar-refractivity contribution in [2.24, 2.45) is 29.1 Å². The number of benzene rings is 2. The van der Waals surface area contributed by atoms with Crippen LogP contribution in [-0.4, -0.2) is 65.6 Å². The van der Waals surface area contributed by atoms with Crippen LogP contribution in [0.25, 0.3) is 10.9 Å². The van der Waals surface area contributed by atoms with E-state index in [-0.39, 0.29) is 24.0 Å². The molecule has 7 rings (SSSR count). The number of carbonyl (C=O) groups excluding carboxylic acids is 1. The van der Waals surface area contributed by atoms with E-state index >= 15 is 0 Å². The predicted molar refractivity (Wildman–Crippen MR) is 204 cm³/mol. The van der Waals surface area contributed by atoms with Crippen molar-refractivity contribution in [2.45, 2.75) is 109 Å². The lowest BCUT2D eigenvalue weighted by atomic mass is 9.46. The van der Waals surface area contributed by atoms with Crippen molar-refractivity contribution < 1.29 is 29.3 Å². The number of anilines is 1. The van der Waals surface area contributed by atoms with Crippen LogP contribution < -0.4 is 10.6 Å². The van der Waals surface area contributed by atoms with E-state index in [0.717, 1.165) is 66.8 Å². The Morgan fingerprint density at radius 2 is 1.71 bits per heavy atom. The normalized spacial score (nSPS) is 29.2. The highest BCUT2D eigenvalue weighted by Crippen LogP contribution is 2.64. The Bertz CT molecular complexity index is 1670. The van der Waals surface area contributed by atoms with Crippen molar-refractivity contribution in [1.82, 2.24) is 10.3 Å². The summed E-state index contributed by atoms with van der Waals surface area (Å²) in [5.41, 5.74) is 4.47. The highest BCUT2D eigenvalue weighted by atomic mass is 16.5. The molecule has 0 spiro atoms. The molecular weight excluding hydrogens is 654 g/mol. The van der Waals surface area contributed by atoms with Crippen LogP contribution >= 0.6 is 0 Å². The highest BCUT2D eigenvalue weighted by molar-refractivity contribution is 6.08. The lowest BCUT2D eigenvalue weighted by molar-refractivity contribution is -0.175. The van der Waals surface area contributed by atoms with Gasteiger partial charge >= 0.3 is 5.97 Å². The van der Waals surface area contributed by atoms with Gasteiger partial charge in [0.15, 0.2) is 0 Å². The number of aliphatic carboxylic acids is 1. The number of fused-ring (bicyclic) bond motifs is 6. The molecule has 4 aliphatic rings. The van der Waals surface area contributed by atoms with Gasteiger partial charge in [0.2, 0.25) is 0 Å². The smallest absolute Gasteiger partial charge is 0.303 e. The van der Waals surface area contributed by atoms with Gasteiger partial charge in [-0.05, 0) is 112 Å². The van der Waals surface area contributed by atoms with Crippen LogP contribution in [0.2, 0.25) is 0 Å². The molecule has 0 aliphatic heterocycles. The Hall–Kier alpha value is -3.53. The third-order valence-electron chi connectivity index (χ3n) is 13.2. The maximum atomic E-state index is 13.7. The zero-order valence-corrected chi connectivity index (χ0v) is 31.4. The van der Waals surface area contributed by atoms with E-state index in [9.17, 15) is 9.59 Å². The van der Waals surface area contributed by atoms with Crippen LogP contribution in [0.3, 0.4) is 0 Å². The van der Waals surface area contributed by atoms with Crippen molar-refractivity contribution in [1.29, 1.82) is 0 Å². The lowest BCUT2D eigenvalue weighted by Gasteiger charge is -2.60. The Morgan fingerprint density at radius 3 is 2.52 bits per heavy atom. The number of carboxylic acids is 1. The first kappa shape index (κ1) is 38.2. The fourth-order valence-corrected chi connectivity index (χ4v) is 10.8. The second-order valence-corrected chi connectivity index (χ2v) is 15.8. The number of pyridine rings is 1. The first-order valence-electron chi connectivity index (χ1n) is 19.6. The molecular formula is C43H59N3O6. The summed E-state index contributed by atoms with van der Waals surface area (Å²) in [4.78, 5) is 29.5.